The van der Waals surface area contributed by atoms with Gasteiger partial charge in [-0.25, -0.2) is 4.39 Å². The first kappa shape index (κ1) is 18.5. The van der Waals surface area contributed by atoms with Crippen LogP contribution >= 0.6 is 11.3 Å². The Morgan fingerprint density at radius 3 is 2.50 bits per heavy atom. The summed E-state index contributed by atoms with van der Waals surface area (Å²) in [5.41, 5.74) is 1.23. The molecule has 5 rings (SSSR count). The largest absolute Gasteiger partial charge is 0.342 e. The van der Waals surface area contributed by atoms with Gasteiger partial charge in [-0.1, -0.05) is 6.07 Å². The van der Waals surface area contributed by atoms with E-state index in [9.17, 15) is 14.0 Å². The van der Waals surface area contributed by atoms with Crippen LogP contribution in [0.4, 0.5) is 10.2 Å². The lowest BCUT2D eigenvalue weighted by Gasteiger charge is -2.16. The van der Waals surface area contributed by atoms with E-state index < -0.39 is 11.7 Å². The van der Waals surface area contributed by atoms with E-state index in [1.807, 2.05) is 17.5 Å². The normalized spacial score (nSPS) is 14.4. The molecule has 4 aromatic rings. The highest BCUT2D eigenvalue weighted by atomic mass is 32.1. The molecule has 3 N–H and O–H groups in total. The van der Waals surface area contributed by atoms with Gasteiger partial charge < -0.3 is 10.6 Å². The molecule has 2 aromatic carbocycles. The Morgan fingerprint density at radius 1 is 1.03 bits per heavy atom. The maximum Gasteiger partial charge on any atom is 0.256 e. The molecule has 0 aliphatic heterocycles. The molecular formula is C22H17FN4O2S. The van der Waals surface area contributed by atoms with Crippen LogP contribution in [0.1, 0.15) is 38.4 Å². The van der Waals surface area contributed by atoms with Crippen LogP contribution in [0.15, 0.2) is 60.0 Å². The first-order valence-electron chi connectivity index (χ1n) is 9.46. The van der Waals surface area contributed by atoms with Crippen molar-refractivity contribution in [1.82, 2.24) is 15.5 Å². The van der Waals surface area contributed by atoms with Gasteiger partial charge in [0, 0.05) is 21.4 Å². The third-order valence-corrected chi connectivity index (χ3v) is 6.33. The monoisotopic (exact) mass is 420 g/mol. The molecule has 0 unspecified atom stereocenters. The smallest absolute Gasteiger partial charge is 0.256 e. The highest BCUT2D eigenvalue weighted by Gasteiger charge is 2.46. The van der Waals surface area contributed by atoms with Crippen molar-refractivity contribution < 1.29 is 14.0 Å². The van der Waals surface area contributed by atoms with Crippen molar-refractivity contribution in [1.29, 1.82) is 0 Å². The van der Waals surface area contributed by atoms with E-state index in [2.05, 4.69) is 20.8 Å². The highest BCUT2D eigenvalue weighted by Crippen LogP contribution is 2.47. The highest BCUT2D eigenvalue weighted by molar-refractivity contribution is 7.10. The van der Waals surface area contributed by atoms with Gasteiger partial charge in [-0.15, -0.1) is 11.3 Å². The second kappa shape index (κ2) is 7.07. The molecule has 150 valence electrons. The molecule has 6 nitrogen and oxygen atoms in total. The summed E-state index contributed by atoms with van der Waals surface area (Å²) in [4.78, 5) is 26.5. The Kier molecular flexibility index (Phi) is 4.36. The van der Waals surface area contributed by atoms with Gasteiger partial charge in [-0.05, 0) is 66.8 Å². The van der Waals surface area contributed by atoms with Crippen LogP contribution in [-0.4, -0.2) is 22.0 Å². The van der Waals surface area contributed by atoms with Crippen molar-refractivity contribution in [2.45, 2.75) is 18.4 Å². The SMILES string of the molecule is O=C(Nc1n[nH]c2ccc(C(=O)NC3(c4cccs4)CC3)cc12)c1ccc(F)cc1. The quantitative estimate of drug-likeness (QED) is 0.446. The van der Waals surface area contributed by atoms with Crippen LogP contribution < -0.4 is 10.6 Å². The number of fused-ring (bicyclic) bond motifs is 1. The number of H-pyrrole nitrogens is 1. The van der Waals surface area contributed by atoms with Crippen molar-refractivity contribution in [2.24, 2.45) is 0 Å². The Labute approximate surface area is 175 Å². The zero-order valence-electron chi connectivity index (χ0n) is 15.7. The van der Waals surface area contributed by atoms with E-state index in [1.54, 1.807) is 29.5 Å². The lowest BCUT2D eigenvalue weighted by atomic mass is 10.1. The fraction of sp³-hybridized carbons (Fsp3) is 0.136. The van der Waals surface area contributed by atoms with Crippen LogP contribution in [0.2, 0.25) is 0 Å². The van der Waals surface area contributed by atoms with Crippen molar-refractivity contribution in [3.8, 4) is 0 Å². The summed E-state index contributed by atoms with van der Waals surface area (Å²) in [5.74, 6) is -0.676. The zero-order valence-corrected chi connectivity index (χ0v) is 16.6. The zero-order chi connectivity index (χ0) is 20.7. The number of anilines is 1. The van der Waals surface area contributed by atoms with E-state index in [0.29, 0.717) is 27.8 Å². The standard InChI is InChI=1S/C22H17FN4O2S/c23-15-6-3-13(4-7-15)20(28)24-19-16-12-14(5-8-17(16)26-27-19)21(29)25-22(9-10-22)18-2-1-11-30-18/h1-8,11-12H,9-10H2,(H,25,29)(H2,24,26,27,28). The molecule has 1 aliphatic rings. The predicted octanol–water partition coefficient (Wildman–Crippen LogP) is 4.43. The number of hydrogen-bond donors (Lipinski definition) is 3. The number of hydrogen-bond acceptors (Lipinski definition) is 4. The van der Waals surface area contributed by atoms with E-state index in [-0.39, 0.29) is 11.4 Å². The molecule has 0 spiro atoms. The number of amides is 2. The molecule has 1 fully saturated rings. The molecule has 8 heteroatoms. The lowest BCUT2D eigenvalue weighted by molar-refractivity contribution is 0.0931. The minimum atomic E-state index is -0.414. The Hall–Kier alpha value is -3.52. The number of carbonyl (C=O) groups is 2. The molecule has 0 radical (unpaired) electrons. The number of aromatic nitrogens is 2. The first-order chi connectivity index (χ1) is 14.5. The van der Waals surface area contributed by atoms with Crippen LogP contribution in [0.3, 0.4) is 0 Å². The van der Waals surface area contributed by atoms with Gasteiger partial charge in [0.15, 0.2) is 5.82 Å². The van der Waals surface area contributed by atoms with Crippen molar-refractivity contribution in [3.63, 3.8) is 0 Å². The molecule has 0 bridgehead atoms. The number of thiophene rings is 1. The number of aromatic amines is 1. The summed E-state index contributed by atoms with van der Waals surface area (Å²) < 4.78 is 13.1. The molecule has 30 heavy (non-hydrogen) atoms. The summed E-state index contributed by atoms with van der Waals surface area (Å²) in [7, 11) is 0. The van der Waals surface area contributed by atoms with Crippen LogP contribution in [-0.2, 0) is 5.54 Å². The Bertz CT molecular complexity index is 1240. The summed E-state index contributed by atoms with van der Waals surface area (Å²) in [6.07, 6.45) is 1.85. The van der Waals surface area contributed by atoms with Crippen LogP contribution in [0.5, 0.6) is 0 Å². The summed E-state index contributed by atoms with van der Waals surface area (Å²) >= 11 is 1.64. The number of nitrogens with one attached hydrogen (secondary N) is 3. The minimum absolute atomic E-state index is 0.167. The number of rotatable bonds is 5. The number of nitrogens with zero attached hydrogens (tertiary/aromatic N) is 1. The molecule has 0 saturated heterocycles. The first-order valence-corrected chi connectivity index (χ1v) is 10.3. The molecular weight excluding hydrogens is 403 g/mol. The lowest BCUT2D eigenvalue weighted by Crippen LogP contribution is -2.34. The van der Waals surface area contributed by atoms with Crippen molar-refractivity contribution >= 4 is 39.9 Å². The van der Waals surface area contributed by atoms with Gasteiger partial charge in [0.2, 0.25) is 0 Å². The van der Waals surface area contributed by atoms with E-state index in [1.165, 1.54) is 24.3 Å². The van der Waals surface area contributed by atoms with Crippen molar-refractivity contribution in [3.05, 3.63) is 81.8 Å². The van der Waals surface area contributed by atoms with Gasteiger partial charge >= 0.3 is 0 Å². The number of halogens is 1. The average Bonchev–Trinajstić information content (AvgIpc) is 3.16. The molecule has 1 saturated carbocycles. The van der Waals surface area contributed by atoms with Crippen molar-refractivity contribution in [2.75, 3.05) is 5.32 Å². The van der Waals surface area contributed by atoms with Gasteiger partial charge in [0.1, 0.15) is 5.82 Å². The average molecular weight is 420 g/mol. The molecule has 2 aromatic heterocycles. The maximum atomic E-state index is 13.1. The minimum Gasteiger partial charge on any atom is -0.342 e. The van der Waals surface area contributed by atoms with Crippen LogP contribution in [0.25, 0.3) is 10.9 Å². The summed E-state index contributed by atoms with van der Waals surface area (Å²) in [5, 5.41) is 15.5. The fourth-order valence-corrected chi connectivity index (χ4v) is 4.37. The van der Waals surface area contributed by atoms with E-state index in [0.717, 1.165) is 17.7 Å². The third kappa shape index (κ3) is 3.35. The fourth-order valence-electron chi connectivity index (χ4n) is 3.43. The van der Waals surface area contributed by atoms with E-state index >= 15 is 0 Å². The maximum absolute atomic E-state index is 13.1. The second-order valence-corrected chi connectivity index (χ2v) is 8.25. The van der Waals surface area contributed by atoms with Gasteiger partial charge in [0.05, 0.1) is 11.1 Å². The number of benzene rings is 2. The molecule has 1 aliphatic carbocycles. The Morgan fingerprint density at radius 2 is 1.80 bits per heavy atom. The number of carbonyl (C=O) groups excluding carboxylic acids is 2. The van der Waals surface area contributed by atoms with Gasteiger partial charge in [-0.2, -0.15) is 5.10 Å². The third-order valence-electron chi connectivity index (χ3n) is 5.26. The van der Waals surface area contributed by atoms with Gasteiger partial charge in [-0.3, -0.25) is 14.7 Å². The van der Waals surface area contributed by atoms with Crippen LogP contribution in [0, 0.1) is 5.82 Å². The van der Waals surface area contributed by atoms with E-state index in [4.69, 9.17) is 0 Å². The molecule has 0 atom stereocenters. The predicted molar refractivity (Wildman–Crippen MR) is 113 cm³/mol. The topological polar surface area (TPSA) is 86.9 Å². The molecule has 2 heterocycles. The second-order valence-electron chi connectivity index (χ2n) is 7.31. The summed E-state index contributed by atoms with van der Waals surface area (Å²) in [6, 6.07) is 14.5. The van der Waals surface area contributed by atoms with Gasteiger partial charge in [0.25, 0.3) is 11.8 Å². The Balaban J connectivity index is 1.38. The molecule has 2 amide bonds. The summed E-state index contributed by atoms with van der Waals surface area (Å²) in [6.45, 7) is 0.